The number of piperidine rings is 1. The maximum absolute atomic E-state index is 14.5. The van der Waals surface area contributed by atoms with Crippen molar-refractivity contribution in [2.24, 2.45) is 0 Å². The van der Waals surface area contributed by atoms with Crippen molar-refractivity contribution in [1.82, 2.24) is 10.2 Å². The summed E-state index contributed by atoms with van der Waals surface area (Å²) in [7, 11) is 0. The standard InChI is InChI=1S/C23H20F2N2O5/c24-23(25,16-3-1-2-4-18(16)28)19(29)9-6-13-5-7-15-14(11-13)12-27(22(15)32)17-8-10-20(30)26-21(17)31/h1-5,7,11,17,28H,6,8-10,12H2,(H,26,30,31). The van der Waals surface area contributed by atoms with Gasteiger partial charge in [-0.05, 0) is 42.2 Å². The first-order valence-electron chi connectivity index (χ1n) is 10.1. The SMILES string of the molecule is O=C1CCC(N2Cc3cc(CCC(=O)C(F)(F)c4ccccc4O)ccc3C2=O)C(=O)N1. The summed E-state index contributed by atoms with van der Waals surface area (Å²) in [5, 5.41) is 11.9. The number of carbonyl (C=O) groups is 4. The lowest BCUT2D eigenvalue weighted by Crippen LogP contribution is -2.52. The molecule has 0 spiro atoms. The second-order valence-corrected chi connectivity index (χ2v) is 7.91. The predicted molar refractivity (Wildman–Crippen MR) is 108 cm³/mol. The van der Waals surface area contributed by atoms with E-state index in [4.69, 9.17) is 0 Å². The molecule has 1 unspecified atom stereocenters. The van der Waals surface area contributed by atoms with Crippen molar-refractivity contribution >= 4 is 23.5 Å². The molecule has 2 aliphatic heterocycles. The van der Waals surface area contributed by atoms with E-state index in [0.717, 1.165) is 12.1 Å². The highest BCUT2D eigenvalue weighted by atomic mass is 19.3. The fourth-order valence-electron chi connectivity index (χ4n) is 4.09. The molecular weight excluding hydrogens is 422 g/mol. The highest BCUT2D eigenvalue weighted by Gasteiger charge is 2.42. The van der Waals surface area contributed by atoms with Gasteiger partial charge in [0.05, 0.1) is 5.56 Å². The lowest BCUT2D eigenvalue weighted by Gasteiger charge is -2.29. The van der Waals surface area contributed by atoms with Crippen LogP contribution in [0.15, 0.2) is 42.5 Å². The molecule has 0 radical (unpaired) electrons. The molecule has 2 aromatic rings. The van der Waals surface area contributed by atoms with Gasteiger partial charge in [0, 0.05) is 24.9 Å². The van der Waals surface area contributed by atoms with E-state index in [2.05, 4.69) is 5.32 Å². The van der Waals surface area contributed by atoms with E-state index >= 15 is 0 Å². The molecule has 3 amide bonds. The van der Waals surface area contributed by atoms with E-state index in [9.17, 15) is 33.1 Å². The van der Waals surface area contributed by atoms with Gasteiger partial charge < -0.3 is 10.0 Å². The van der Waals surface area contributed by atoms with Crippen molar-refractivity contribution in [3.8, 4) is 5.75 Å². The molecule has 2 heterocycles. The van der Waals surface area contributed by atoms with E-state index in [0.29, 0.717) is 16.7 Å². The molecule has 9 heteroatoms. The number of Topliss-reactive ketones (excluding diaryl/α,β-unsaturated/α-hetero) is 1. The Morgan fingerprint density at radius 1 is 1.16 bits per heavy atom. The Bertz CT molecular complexity index is 1130. The van der Waals surface area contributed by atoms with Crippen LogP contribution >= 0.6 is 0 Å². The zero-order valence-corrected chi connectivity index (χ0v) is 16.9. The minimum Gasteiger partial charge on any atom is -0.507 e. The molecule has 4 rings (SSSR count). The molecule has 0 bridgehead atoms. The Morgan fingerprint density at radius 3 is 2.62 bits per heavy atom. The maximum Gasteiger partial charge on any atom is 0.334 e. The minimum atomic E-state index is -3.82. The molecule has 2 aromatic carbocycles. The number of ketones is 1. The van der Waals surface area contributed by atoms with Crippen LogP contribution < -0.4 is 5.32 Å². The molecule has 32 heavy (non-hydrogen) atoms. The Labute approximate surface area is 182 Å². The van der Waals surface area contributed by atoms with Crippen LogP contribution in [-0.2, 0) is 33.3 Å². The van der Waals surface area contributed by atoms with Crippen molar-refractivity contribution in [3.63, 3.8) is 0 Å². The zero-order valence-electron chi connectivity index (χ0n) is 16.9. The smallest absolute Gasteiger partial charge is 0.334 e. The summed E-state index contributed by atoms with van der Waals surface area (Å²) in [5.74, 6) is -7.00. The molecule has 166 valence electrons. The molecule has 1 atom stereocenters. The van der Waals surface area contributed by atoms with Gasteiger partial charge in [-0.2, -0.15) is 8.78 Å². The van der Waals surface area contributed by atoms with E-state index in [1.807, 2.05) is 0 Å². The molecule has 0 saturated carbocycles. The van der Waals surface area contributed by atoms with Gasteiger partial charge in [-0.1, -0.05) is 24.3 Å². The number of para-hydroxylation sites is 1. The second kappa shape index (κ2) is 8.14. The number of phenolic OH excluding ortho intramolecular Hbond substituents is 1. The van der Waals surface area contributed by atoms with Gasteiger partial charge in [0.15, 0.2) is 0 Å². The average Bonchev–Trinajstić information content (AvgIpc) is 3.07. The van der Waals surface area contributed by atoms with Crippen LogP contribution in [0.3, 0.4) is 0 Å². The Kier molecular flexibility index (Phi) is 5.50. The van der Waals surface area contributed by atoms with Gasteiger partial charge in [-0.25, -0.2) is 0 Å². The van der Waals surface area contributed by atoms with Gasteiger partial charge in [-0.15, -0.1) is 0 Å². The predicted octanol–water partition coefficient (Wildman–Crippen LogP) is 2.45. The second-order valence-electron chi connectivity index (χ2n) is 7.91. The van der Waals surface area contributed by atoms with Crippen molar-refractivity contribution in [1.29, 1.82) is 0 Å². The lowest BCUT2D eigenvalue weighted by atomic mass is 9.97. The normalized spacial score (nSPS) is 18.5. The van der Waals surface area contributed by atoms with Crippen LogP contribution in [0.1, 0.15) is 46.3 Å². The molecule has 2 aliphatic rings. The van der Waals surface area contributed by atoms with Crippen LogP contribution in [0.5, 0.6) is 5.75 Å². The van der Waals surface area contributed by atoms with Crippen LogP contribution in [0, 0.1) is 0 Å². The van der Waals surface area contributed by atoms with E-state index in [1.54, 1.807) is 18.2 Å². The number of nitrogens with one attached hydrogen (secondary N) is 1. The number of imide groups is 1. The third-order valence-electron chi connectivity index (χ3n) is 5.82. The summed E-state index contributed by atoms with van der Waals surface area (Å²) in [6, 6.07) is 8.91. The quantitative estimate of drug-likeness (QED) is 0.669. The number of halogens is 2. The summed E-state index contributed by atoms with van der Waals surface area (Å²) in [6.45, 7) is 0.163. The highest BCUT2D eigenvalue weighted by molar-refractivity contribution is 6.05. The third kappa shape index (κ3) is 3.86. The number of benzene rings is 2. The van der Waals surface area contributed by atoms with Crippen molar-refractivity contribution < 1.29 is 33.1 Å². The van der Waals surface area contributed by atoms with Crippen LogP contribution in [-0.4, -0.2) is 39.6 Å². The van der Waals surface area contributed by atoms with Crippen molar-refractivity contribution in [2.45, 2.75) is 44.2 Å². The summed E-state index contributed by atoms with van der Waals surface area (Å²) in [6.07, 6.45) is -0.0327. The van der Waals surface area contributed by atoms with E-state index < -0.39 is 41.4 Å². The number of amides is 3. The highest BCUT2D eigenvalue weighted by Crippen LogP contribution is 2.36. The Morgan fingerprint density at radius 2 is 1.91 bits per heavy atom. The monoisotopic (exact) mass is 442 g/mol. The molecule has 2 N–H and O–H groups in total. The topological polar surface area (TPSA) is 104 Å². The Balaban J connectivity index is 1.44. The number of hydrogen-bond acceptors (Lipinski definition) is 5. The van der Waals surface area contributed by atoms with Gasteiger partial charge >= 0.3 is 5.92 Å². The number of alkyl halides is 2. The molecule has 7 nitrogen and oxygen atoms in total. The minimum absolute atomic E-state index is 0.0297. The molecular formula is C23H20F2N2O5. The average molecular weight is 442 g/mol. The first kappa shape index (κ1) is 21.6. The number of aromatic hydroxyl groups is 1. The third-order valence-corrected chi connectivity index (χ3v) is 5.82. The molecule has 0 aliphatic carbocycles. The lowest BCUT2D eigenvalue weighted by molar-refractivity contribution is -0.144. The zero-order chi connectivity index (χ0) is 23.0. The number of phenols is 1. The van der Waals surface area contributed by atoms with Crippen molar-refractivity contribution in [2.75, 3.05) is 0 Å². The van der Waals surface area contributed by atoms with Gasteiger partial charge in [0.2, 0.25) is 17.6 Å². The Hall–Kier alpha value is -3.62. The summed E-state index contributed by atoms with van der Waals surface area (Å²) in [5.41, 5.74) is 0.911. The fourth-order valence-corrected chi connectivity index (χ4v) is 4.09. The van der Waals surface area contributed by atoms with Crippen LogP contribution in [0.25, 0.3) is 0 Å². The van der Waals surface area contributed by atoms with Crippen LogP contribution in [0.2, 0.25) is 0 Å². The largest absolute Gasteiger partial charge is 0.507 e. The molecule has 1 fully saturated rings. The molecule has 0 aromatic heterocycles. The first-order chi connectivity index (χ1) is 15.2. The summed E-state index contributed by atoms with van der Waals surface area (Å²) >= 11 is 0. The summed E-state index contributed by atoms with van der Waals surface area (Å²) in [4.78, 5) is 49.8. The molecule has 1 saturated heterocycles. The van der Waals surface area contributed by atoms with E-state index in [1.165, 1.54) is 17.0 Å². The first-order valence-corrected chi connectivity index (χ1v) is 10.1. The van der Waals surface area contributed by atoms with Crippen LogP contribution in [0.4, 0.5) is 8.78 Å². The maximum atomic E-state index is 14.5. The number of nitrogens with zero attached hydrogens (tertiary/aromatic N) is 1. The van der Waals surface area contributed by atoms with Gasteiger partial charge in [0.1, 0.15) is 11.8 Å². The number of aryl methyl sites for hydroxylation is 1. The number of rotatable bonds is 6. The summed E-state index contributed by atoms with van der Waals surface area (Å²) < 4.78 is 29.0. The van der Waals surface area contributed by atoms with Crippen molar-refractivity contribution in [3.05, 3.63) is 64.7 Å². The fraction of sp³-hybridized carbons (Fsp3) is 0.304. The van der Waals surface area contributed by atoms with Gasteiger partial charge in [-0.3, -0.25) is 24.5 Å². The number of hydrogen-bond donors (Lipinski definition) is 2. The van der Waals surface area contributed by atoms with E-state index in [-0.39, 0.29) is 37.6 Å². The van der Waals surface area contributed by atoms with Gasteiger partial charge in [0.25, 0.3) is 5.91 Å². The number of fused-ring (bicyclic) bond motifs is 1. The number of carbonyl (C=O) groups excluding carboxylic acids is 4.